The Morgan fingerprint density at radius 2 is 1.95 bits per heavy atom. The Morgan fingerprint density at radius 1 is 1.19 bits per heavy atom. The van der Waals surface area contributed by atoms with Gasteiger partial charge in [-0.2, -0.15) is 0 Å². The molecule has 1 spiro atoms. The first-order valence-electron chi connectivity index (χ1n) is 7.69. The molecule has 2 fully saturated rings. The van der Waals surface area contributed by atoms with Crippen LogP contribution in [0.4, 0.5) is 8.78 Å². The van der Waals surface area contributed by atoms with Crippen LogP contribution in [0, 0.1) is 11.6 Å². The number of rotatable bonds is 2. The highest BCUT2D eigenvalue weighted by atomic mass is 79.9. The second kappa shape index (κ2) is 6.31. The van der Waals surface area contributed by atoms with Crippen LogP contribution in [0.3, 0.4) is 0 Å². The fourth-order valence-electron chi connectivity index (χ4n) is 3.68. The zero-order chi connectivity index (χ0) is 14.9. The first-order chi connectivity index (χ1) is 10.1. The third-order valence-corrected chi connectivity index (χ3v) is 5.37. The minimum Gasteiger partial charge on any atom is -0.310 e. The first-order valence-corrected chi connectivity index (χ1v) is 8.49. The minimum atomic E-state index is -0.465. The van der Waals surface area contributed by atoms with E-state index < -0.39 is 11.6 Å². The summed E-state index contributed by atoms with van der Waals surface area (Å²) in [5, 5.41) is 3.67. The van der Waals surface area contributed by atoms with Gasteiger partial charge in [0.15, 0.2) is 0 Å². The van der Waals surface area contributed by atoms with Crippen molar-refractivity contribution in [1.29, 1.82) is 0 Å². The van der Waals surface area contributed by atoms with Crippen molar-refractivity contribution >= 4 is 15.9 Å². The second-order valence-electron chi connectivity index (χ2n) is 6.30. The van der Waals surface area contributed by atoms with Crippen LogP contribution >= 0.6 is 15.9 Å². The van der Waals surface area contributed by atoms with Crippen LogP contribution in [0.15, 0.2) is 16.6 Å². The van der Waals surface area contributed by atoms with E-state index in [0.717, 1.165) is 26.1 Å². The molecule has 2 nitrogen and oxygen atoms in total. The van der Waals surface area contributed by atoms with Gasteiger partial charge in [-0.25, -0.2) is 8.78 Å². The van der Waals surface area contributed by atoms with Crippen molar-refractivity contribution in [3.63, 3.8) is 0 Å². The molecule has 0 atom stereocenters. The second-order valence-corrected chi connectivity index (χ2v) is 7.15. The van der Waals surface area contributed by atoms with Gasteiger partial charge in [-0.3, -0.25) is 4.90 Å². The summed E-state index contributed by atoms with van der Waals surface area (Å²) in [6.07, 6.45) is 5.87. The molecular weight excluding hydrogens is 338 g/mol. The van der Waals surface area contributed by atoms with E-state index in [1.165, 1.54) is 37.8 Å². The Hall–Kier alpha value is -0.520. The summed E-state index contributed by atoms with van der Waals surface area (Å²) < 4.78 is 28.4. The van der Waals surface area contributed by atoms with Crippen molar-refractivity contribution in [3.05, 3.63) is 33.8 Å². The standard InChI is InChI=1S/C16H21BrF2N2/c17-13-4-5-14(18)12(15(13)19)10-21-9-3-8-20-16(11-21)6-1-2-7-16/h4-5,20H,1-3,6-11H2. The normalized spacial score (nSPS) is 22.6. The van der Waals surface area contributed by atoms with Gasteiger partial charge in [0.05, 0.1) is 4.47 Å². The van der Waals surface area contributed by atoms with E-state index in [0.29, 0.717) is 11.0 Å². The smallest absolute Gasteiger partial charge is 0.144 e. The summed E-state index contributed by atoms with van der Waals surface area (Å²) in [7, 11) is 0. The summed E-state index contributed by atoms with van der Waals surface area (Å²) in [6, 6.07) is 2.76. The van der Waals surface area contributed by atoms with Gasteiger partial charge in [-0.15, -0.1) is 0 Å². The van der Waals surface area contributed by atoms with Crippen LogP contribution in [0.25, 0.3) is 0 Å². The molecule has 0 bridgehead atoms. The zero-order valence-electron chi connectivity index (χ0n) is 12.1. The van der Waals surface area contributed by atoms with Crippen LogP contribution in [-0.2, 0) is 6.54 Å². The molecule has 1 aromatic carbocycles. The van der Waals surface area contributed by atoms with Crippen molar-refractivity contribution in [3.8, 4) is 0 Å². The molecule has 1 saturated carbocycles. The molecule has 0 unspecified atom stereocenters. The first kappa shape index (κ1) is 15.4. The predicted molar refractivity (Wildman–Crippen MR) is 83.2 cm³/mol. The van der Waals surface area contributed by atoms with Crippen LogP contribution in [0.2, 0.25) is 0 Å². The fraction of sp³-hybridized carbons (Fsp3) is 0.625. The van der Waals surface area contributed by atoms with Crippen molar-refractivity contribution in [2.45, 2.75) is 44.2 Å². The average molecular weight is 359 g/mol. The topological polar surface area (TPSA) is 15.3 Å². The summed E-state index contributed by atoms with van der Waals surface area (Å²) in [4.78, 5) is 2.21. The van der Waals surface area contributed by atoms with E-state index in [1.807, 2.05) is 0 Å². The lowest BCUT2D eigenvalue weighted by Crippen LogP contribution is -2.49. The van der Waals surface area contributed by atoms with E-state index in [-0.39, 0.29) is 11.1 Å². The molecule has 2 aliphatic rings. The molecule has 1 aliphatic heterocycles. The number of benzene rings is 1. The van der Waals surface area contributed by atoms with Gasteiger partial charge in [0.25, 0.3) is 0 Å². The Labute approximate surface area is 133 Å². The summed E-state index contributed by atoms with van der Waals surface area (Å²) >= 11 is 3.15. The van der Waals surface area contributed by atoms with Gasteiger partial charge >= 0.3 is 0 Å². The lowest BCUT2D eigenvalue weighted by atomic mass is 9.97. The maximum absolute atomic E-state index is 14.2. The van der Waals surface area contributed by atoms with Crippen LogP contribution < -0.4 is 5.32 Å². The number of hydrogen-bond acceptors (Lipinski definition) is 2. The highest BCUT2D eigenvalue weighted by Crippen LogP contribution is 2.32. The zero-order valence-corrected chi connectivity index (χ0v) is 13.7. The van der Waals surface area contributed by atoms with Crippen molar-refractivity contribution in [2.24, 2.45) is 0 Å². The highest BCUT2D eigenvalue weighted by Gasteiger charge is 2.36. The molecule has 1 saturated heterocycles. The Balaban J connectivity index is 1.79. The largest absolute Gasteiger partial charge is 0.310 e. The fourth-order valence-corrected chi connectivity index (χ4v) is 4.05. The van der Waals surface area contributed by atoms with Crippen molar-refractivity contribution in [1.82, 2.24) is 10.2 Å². The van der Waals surface area contributed by atoms with Gasteiger partial charge < -0.3 is 5.32 Å². The number of nitrogens with zero attached hydrogens (tertiary/aromatic N) is 1. The molecule has 1 N–H and O–H groups in total. The number of hydrogen-bond donors (Lipinski definition) is 1. The van der Waals surface area contributed by atoms with Crippen LogP contribution in [0.1, 0.15) is 37.7 Å². The lowest BCUT2D eigenvalue weighted by Gasteiger charge is -2.33. The van der Waals surface area contributed by atoms with Gasteiger partial charge in [0, 0.05) is 24.2 Å². The molecular formula is C16H21BrF2N2. The number of halogens is 3. The summed E-state index contributed by atoms with van der Waals surface area (Å²) in [5.74, 6) is -0.916. The highest BCUT2D eigenvalue weighted by molar-refractivity contribution is 9.10. The average Bonchev–Trinajstić information content (AvgIpc) is 2.82. The Bertz CT molecular complexity index is 515. The lowest BCUT2D eigenvalue weighted by molar-refractivity contribution is 0.199. The summed E-state index contributed by atoms with van der Waals surface area (Å²) in [6.45, 7) is 3.12. The van der Waals surface area contributed by atoms with Crippen LogP contribution in [-0.4, -0.2) is 30.1 Å². The van der Waals surface area contributed by atoms with E-state index in [4.69, 9.17) is 0 Å². The van der Waals surface area contributed by atoms with Gasteiger partial charge in [0.1, 0.15) is 11.6 Å². The third kappa shape index (κ3) is 3.30. The SMILES string of the molecule is Fc1ccc(Br)c(F)c1CN1CCCNC2(CCCC2)C1. The van der Waals surface area contributed by atoms with Crippen LogP contribution in [0.5, 0.6) is 0 Å². The molecule has 1 aromatic rings. The third-order valence-electron chi connectivity index (χ3n) is 4.76. The van der Waals surface area contributed by atoms with E-state index >= 15 is 0 Å². The molecule has 116 valence electrons. The molecule has 0 amide bonds. The maximum atomic E-state index is 14.2. The van der Waals surface area contributed by atoms with E-state index in [9.17, 15) is 8.78 Å². The Kier molecular flexibility index (Phi) is 4.62. The van der Waals surface area contributed by atoms with Gasteiger partial charge in [-0.1, -0.05) is 12.8 Å². The molecule has 0 aromatic heterocycles. The molecule has 3 rings (SSSR count). The molecule has 1 heterocycles. The predicted octanol–water partition coefficient (Wildman–Crippen LogP) is 3.84. The molecule has 0 radical (unpaired) electrons. The van der Waals surface area contributed by atoms with Gasteiger partial charge in [0.2, 0.25) is 0 Å². The summed E-state index contributed by atoms with van der Waals surface area (Å²) in [5.41, 5.74) is 0.342. The monoisotopic (exact) mass is 358 g/mol. The van der Waals surface area contributed by atoms with E-state index in [1.54, 1.807) is 0 Å². The molecule has 21 heavy (non-hydrogen) atoms. The van der Waals surface area contributed by atoms with E-state index in [2.05, 4.69) is 26.1 Å². The van der Waals surface area contributed by atoms with Crippen molar-refractivity contribution in [2.75, 3.05) is 19.6 Å². The Morgan fingerprint density at radius 3 is 2.71 bits per heavy atom. The minimum absolute atomic E-state index is 0.162. The number of nitrogens with one attached hydrogen (secondary N) is 1. The molecule has 1 aliphatic carbocycles. The van der Waals surface area contributed by atoms with Gasteiger partial charge in [-0.05, 0) is 60.4 Å². The quantitative estimate of drug-likeness (QED) is 0.808. The maximum Gasteiger partial charge on any atom is 0.144 e. The molecule has 5 heteroatoms. The van der Waals surface area contributed by atoms with Crippen molar-refractivity contribution < 1.29 is 8.78 Å².